The van der Waals surface area contributed by atoms with E-state index in [1.54, 1.807) is 0 Å². The maximum absolute atomic E-state index is 5.72. The van der Waals surface area contributed by atoms with E-state index in [2.05, 4.69) is 50.9 Å². The molecule has 1 rings (SSSR count). The molecular formula is C15H24ClN. The van der Waals surface area contributed by atoms with Gasteiger partial charge in [0.1, 0.15) is 0 Å². The molecule has 17 heavy (non-hydrogen) atoms. The van der Waals surface area contributed by atoms with Crippen LogP contribution in [0.2, 0.25) is 0 Å². The normalized spacial score (nSPS) is 11.5. The molecule has 0 atom stereocenters. The van der Waals surface area contributed by atoms with E-state index in [1.165, 1.54) is 16.7 Å². The van der Waals surface area contributed by atoms with Crippen molar-refractivity contribution in [3.63, 3.8) is 0 Å². The molecule has 96 valence electrons. The Kier molecular flexibility index (Phi) is 6.01. The van der Waals surface area contributed by atoms with Crippen molar-refractivity contribution in [1.29, 1.82) is 0 Å². The highest BCUT2D eigenvalue weighted by Crippen LogP contribution is 2.19. The summed E-state index contributed by atoms with van der Waals surface area (Å²) in [6, 6.07) is 6.82. The number of rotatable bonds is 6. The van der Waals surface area contributed by atoms with Gasteiger partial charge in [0.15, 0.2) is 0 Å². The predicted molar refractivity (Wildman–Crippen MR) is 76.9 cm³/mol. The van der Waals surface area contributed by atoms with Gasteiger partial charge in [-0.2, -0.15) is 0 Å². The highest BCUT2D eigenvalue weighted by molar-refractivity contribution is 6.17. The SMILES string of the molecule is Cc1ccc(C(C)C)cc1CN(C)CCCCl. The summed E-state index contributed by atoms with van der Waals surface area (Å²) in [5.41, 5.74) is 4.25. The van der Waals surface area contributed by atoms with Gasteiger partial charge in [0.2, 0.25) is 0 Å². The highest BCUT2D eigenvalue weighted by atomic mass is 35.5. The van der Waals surface area contributed by atoms with Crippen molar-refractivity contribution < 1.29 is 0 Å². The fourth-order valence-electron chi connectivity index (χ4n) is 1.92. The Morgan fingerprint density at radius 1 is 1.29 bits per heavy atom. The molecule has 1 aromatic carbocycles. The van der Waals surface area contributed by atoms with Crippen LogP contribution in [0.3, 0.4) is 0 Å². The van der Waals surface area contributed by atoms with Crippen LogP contribution in [0.25, 0.3) is 0 Å². The van der Waals surface area contributed by atoms with E-state index in [1.807, 2.05) is 0 Å². The lowest BCUT2D eigenvalue weighted by molar-refractivity contribution is 0.327. The number of hydrogen-bond acceptors (Lipinski definition) is 1. The van der Waals surface area contributed by atoms with Crippen LogP contribution >= 0.6 is 11.6 Å². The van der Waals surface area contributed by atoms with Crippen LogP contribution in [-0.4, -0.2) is 24.4 Å². The Morgan fingerprint density at radius 2 is 2.00 bits per heavy atom. The zero-order valence-electron chi connectivity index (χ0n) is 11.5. The summed E-state index contributed by atoms with van der Waals surface area (Å²) >= 11 is 5.72. The van der Waals surface area contributed by atoms with Crippen molar-refractivity contribution in [3.05, 3.63) is 34.9 Å². The van der Waals surface area contributed by atoms with Gasteiger partial charge in [-0.1, -0.05) is 32.0 Å². The van der Waals surface area contributed by atoms with Crippen molar-refractivity contribution in [3.8, 4) is 0 Å². The zero-order valence-corrected chi connectivity index (χ0v) is 12.2. The first-order valence-electron chi connectivity index (χ1n) is 6.38. The second-order valence-corrected chi connectivity index (χ2v) is 5.50. The average molecular weight is 254 g/mol. The topological polar surface area (TPSA) is 3.24 Å². The Bertz CT molecular complexity index is 347. The monoisotopic (exact) mass is 253 g/mol. The summed E-state index contributed by atoms with van der Waals surface area (Å²) < 4.78 is 0. The van der Waals surface area contributed by atoms with Crippen molar-refractivity contribution in [2.45, 2.75) is 39.7 Å². The van der Waals surface area contributed by atoms with Crippen molar-refractivity contribution in [2.24, 2.45) is 0 Å². The third-order valence-electron chi connectivity index (χ3n) is 3.15. The first kappa shape index (κ1) is 14.5. The third-order valence-corrected chi connectivity index (χ3v) is 3.42. The van der Waals surface area contributed by atoms with Crippen LogP contribution in [0.1, 0.15) is 42.9 Å². The van der Waals surface area contributed by atoms with E-state index in [0.717, 1.165) is 25.4 Å². The lowest BCUT2D eigenvalue weighted by Gasteiger charge is -2.19. The Hall–Kier alpha value is -0.530. The van der Waals surface area contributed by atoms with E-state index in [4.69, 9.17) is 11.6 Å². The van der Waals surface area contributed by atoms with Gasteiger partial charge in [0, 0.05) is 12.4 Å². The maximum atomic E-state index is 5.72. The third kappa shape index (κ3) is 4.69. The smallest absolute Gasteiger partial charge is 0.0235 e. The van der Waals surface area contributed by atoms with E-state index in [9.17, 15) is 0 Å². The minimum Gasteiger partial charge on any atom is -0.302 e. The van der Waals surface area contributed by atoms with Gasteiger partial charge in [0.25, 0.3) is 0 Å². The van der Waals surface area contributed by atoms with E-state index in [-0.39, 0.29) is 0 Å². The zero-order chi connectivity index (χ0) is 12.8. The van der Waals surface area contributed by atoms with Gasteiger partial charge in [-0.05, 0) is 49.5 Å². The molecule has 0 bridgehead atoms. The molecule has 0 heterocycles. The Labute approximate surface area is 111 Å². The summed E-state index contributed by atoms with van der Waals surface area (Å²) in [5.74, 6) is 1.34. The molecule has 0 radical (unpaired) electrons. The summed E-state index contributed by atoms with van der Waals surface area (Å²) in [4.78, 5) is 2.34. The fraction of sp³-hybridized carbons (Fsp3) is 0.600. The molecule has 0 saturated carbocycles. The predicted octanol–water partition coefficient (Wildman–Crippen LogP) is 4.18. The van der Waals surface area contributed by atoms with Crippen LogP contribution in [-0.2, 0) is 6.54 Å². The molecular weight excluding hydrogens is 230 g/mol. The average Bonchev–Trinajstić information content (AvgIpc) is 2.29. The first-order valence-corrected chi connectivity index (χ1v) is 6.92. The number of halogens is 1. The number of hydrogen-bond donors (Lipinski definition) is 0. The van der Waals surface area contributed by atoms with Crippen LogP contribution < -0.4 is 0 Å². The van der Waals surface area contributed by atoms with Gasteiger partial charge in [-0.15, -0.1) is 11.6 Å². The minimum absolute atomic E-state index is 0.600. The highest BCUT2D eigenvalue weighted by Gasteiger charge is 2.06. The van der Waals surface area contributed by atoms with E-state index in [0.29, 0.717) is 5.92 Å². The molecule has 0 aliphatic heterocycles. The van der Waals surface area contributed by atoms with Crippen LogP contribution in [0.5, 0.6) is 0 Å². The molecule has 0 spiro atoms. The molecule has 0 aliphatic carbocycles. The van der Waals surface area contributed by atoms with Gasteiger partial charge >= 0.3 is 0 Å². The first-order chi connectivity index (χ1) is 8.04. The fourth-order valence-corrected chi connectivity index (χ4v) is 2.04. The second kappa shape index (κ2) is 7.03. The van der Waals surface area contributed by atoms with E-state index >= 15 is 0 Å². The number of nitrogens with zero attached hydrogens (tertiary/aromatic N) is 1. The van der Waals surface area contributed by atoms with E-state index < -0.39 is 0 Å². The van der Waals surface area contributed by atoms with Crippen LogP contribution in [0.15, 0.2) is 18.2 Å². The lowest BCUT2D eigenvalue weighted by atomic mass is 9.97. The minimum atomic E-state index is 0.600. The Balaban J connectivity index is 2.72. The summed E-state index contributed by atoms with van der Waals surface area (Å²) in [6.45, 7) is 8.75. The summed E-state index contributed by atoms with van der Waals surface area (Å²) in [6.07, 6.45) is 1.06. The molecule has 2 heteroatoms. The van der Waals surface area contributed by atoms with Crippen molar-refractivity contribution >= 4 is 11.6 Å². The number of benzene rings is 1. The molecule has 0 aliphatic rings. The van der Waals surface area contributed by atoms with Crippen molar-refractivity contribution in [1.82, 2.24) is 4.90 Å². The largest absolute Gasteiger partial charge is 0.302 e. The molecule has 1 nitrogen and oxygen atoms in total. The molecule has 0 amide bonds. The van der Waals surface area contributed by atoms with Gasteiger partial charge in [0.05, 0.1) is 0 Å². The molecule has 0 unspecified atom stereocenters. The lowest BCUT2D eigenvalue weighted by Crippen LogP contribution is -2.20. The summed E-state index contributed by atoms with van der Waals surface area (Å²) in [5, 5.41) is 0. The maximum Gasteiger partial charge on any atom is 0.0235 e. The molecule has 0 aromatic heterocycles. The molecule has 0 saturated heterocycles. The quantitative estimate of drug-likeness (QED) is 0.688. The standard InChI is InChI=1S/C15H24ClN/c1-12(2)14-7-6-13(3)15(10-14)11-17(4)9-5-8-16/h6-7,10,12H,5,8-9,11H2,1-4H3. The molecule has 0 fully saturated rings. The van der Waals surface area contributed by atoms with Crippen LogP contribution in [0.4, 0.5) is 0 Å². The van der Waals surface area contributed by atoms with Gasteiger partial charge in [-0.3, -0.25) is 0 Å². The van der Waals surface area contributed by atoms with Gasteiger partial charge < -0.3 is 4.90 Å². The van der Waals surface area contributed by atoms with Crippen molar-refractivity contribution in [2.75, 3.05) is 19.5 Å². The number of aryl methyl sites for hydroxylation is 1. The molecule has 0 N–H and O–H groups in total. The Morgan fingerprint density at radius 3 is 2.59 bits per heavy atom. The second-order valence-electron chi connectivity index (χ2n) is 5.12. The van der Waals surface area contributed by atoms with Gasteiger partial charge in [-0.25, -0.2) is 0 Å². The molecule has 1 aromatic rings. The van der Waals surface area contributed by atoms with Crippen LogP contribution in [0, 0.1) is 6.92 Å². The number of alkyl halides is 1. The summed E-state index contributed by atoms with van der Waals surface area (Å²) in [7, 11) is 2.16.